The predicted octanol–water partition coefficient (Wildman–Crippen LogP) is 1.32. The van der Waals surface area contributed by atoms with Gasteiger partial charge in [0.1, 0.15) is 19.5 Å². The second-order valence-corrected chi connectivity index (χ2v) is 7.17. The van der Waals surface area contributed by atoms with Gasteiger partial charge in [-0.05, 0) is 18.2 Å². The number of carbonyl (C=O) groups is 1. The number of halogens is 1. The quantitative estimate of drug-likeness (QED) is 0.864. The standard InChI is InChI=1S/C16H18ClN3O3S/c1-19(2)5-6-20(15(21)13-10-22-7-8-23-13)16-18-12-4-3-11(17)9-14(12)24-16/h3-4,9-10H,5-8H2,1-2H3/p+1. The molecule has 2 aromatic rings. The molecule has 128 valence electrons. The normalized spacial score (nSPS) is 14.2. The Labute approximate surface area is 149 Å². The zero-order valence-corrected chi connectivity index (χ0v) is 15.1. The number of hydrogen-bond donors (Lipinski definition) is 1. The maximum Gasteiger partial charge on any atom is 0.298 e. The van der Waals surface area contributed by atoms with E-state index in [1.807, 2.05) is 26.2 Å². The van der Waals surface area contributed by atoms with E-state index in [1.54, 1.807) is 11.0 Å². The van der Waals surface area contributed by atoms with Crippen LogP contribution >= 0.6 is 22.9 Å². The van der Waals surface area contributed by atoms with E-state index in [9.17, 15) is 4.79 Å². The number of amides is 1. The van der Waals surface area contributed by atoms with E-state index in [-0.39, 0.29) is 11.7 Å². The minimum Gasteiger partial charge on any atom is -0.494 e. The number of likely N-dealkylation sites (N-methyl/N-ethyl adjacent to an activating group) is 1. The molecule has 8 heteroatoms. The van der Waals surface area contributed by atoms with Crippen molar-refractivity contribution in [1.29, 1.82) is 0 Å². The van der Waals surface area contributed by atoms with E-state index >= 15 is 0 Å². The van der Waals surface area contributed by atoms with Crippen LogP contribution in [0.5, 0.6) is 0 Å². The zero-order valence-electron chi connectivity index (χ0n) is 13.5. The van der Waals surface area contributed by atoms with E-state index in [0.29, 0.717) is 29.9 Å². The molecule has 0 saturated carbocycles. The number of anilines is 1. The van der Waals surface area contributed by atoms with E-state index < -0.39 is 0 Å². The highest BCUT2D eigenvalue weighted by atomic mass is 35.5. The highest BCUT2D eigenvalue weighted by Crippen LogP contribution is 2.31. The molecule has 1 aromatic carbocycles. The molecule has 2 heterocycles. The third-order valence-corrected chi connectivity index (χ3v) is 4.79. The van der Waals surface area contributed by atoms with Gasteiger partial charge in [-0.2, -0.15) is 0 Å². The summed E-state index contributed by atoms with van der Waals surface area (Å²) >= 11 is 7.48. The zero-order chi connectivity index (χ0) is 17.1. The average Bonchev–Trinajstić information content (AvgIpc) is 2.98. The summed E-state index contributed by atoms with van der Waals surface area (Å²) in [4.78, 5) is 20.3. The van der Waals surface area contributed by atoms with Crippen LogP contribution in [0.15, 0.2) is 30.2 Å². The van der Waals surface area contributed by atoms with Crippen molar-refractivity contribution < 1.29 is 19.2 Å². The van der Waals surface area contributed by atoms with Crippen LogP contribution in [0.1, 0.15) is 0 Å². The van der Waals surface area contributed by atoms with Crippen molar-refractivity contribution in [3.8, 4) is 0 Å². The number of fused-ring (bicyclic) bond motifs is 1. The van der Waals surface area contributed by atoms with E-state index in [4.69, 9.17) is 21.1 Å². The van der Waals surface area contributed by atoms with Gasteiger partial charge in [0.2, 0.25) is 5.76 Å². The molecule has 1 aliphatic heterocycles. The summed E-state index contributed by atoms with van der Waals surface area (Å²) in [5, 5.41) is 1.29. The highest BCUT2D eigenvalue weighted by molar-refractivity contribution is 7.22. The Bertz CT molecular complexity index is 775. The molecule has 0 spiro atoms. The summed E-state index contributed by atoms with van der Waals surface area (Å²) in [6.07, 6.45) is 1.38. The number of ether oxygens (including phenoxy) is 2. The molecule has 1 N–H and O–H groups in total. The Morgan fingerprint density at radius 2 is 2.25 bits per heavy atom. The van der Waals surface area contributed by atoms with Crippen LogP contribution in [-0.2, 0) is 14.3 Å². The van der Waals surface area contributed by atoms with Crippen LogP contribution in [0.2, 0.25) is 5.02 Å². The maximum absolute atomic E-state index is 12.8. The maximum atomic E-state index is 12.8. The fourth-order valence-electron chi connectivity index (χ4n) is 2.23. The number of nitrogens with one attached hydrogen (secondary N) is 1. The van der Waals surface area contributed by atoms with E-state index in [2.05, 4.69) is 4.98 Å². The summed E-state index contributed by atoms with van der Waals surface area (Å²) in [5.74, 6) is -0.0200. The molecule has 0 fully saturated rings. The van der Waals surface area contributed by atoms with Gasteiger partial charge in [-0.1, -0.05) is 22.9 Å². The molecular formula is C16H19ClN3O3S+. The third kappa shape index (κ3) is 3.80. The van der Waals surface area contributed by atoms with Crippen molar-refractivity contribution >= 4 is 44.2 Å². The Morgan fingerprint density at radius 3 is 2.96 bits per heavy atom. The van der Waals surface area contributed by atoms with Crippen LogP contribution in [0.4, 0.5) is 5.13 Å². The summed E-state index contributed by atoms with van der Waals surface area (Å²) in [7, 11) is 4.08. The van der Waals surface area contributed by atoms with Gasteiger partial charge in [0.15, 0.2) is 5.13 Å². The first-order valence-electron chi connectivity index (χ1n) is 7.66. The average molecular weight is 369 g/mol. The number of hydrogen-bond acceptors (Lipinski definition) is 5. The second kappa shape index (κ2) is 7.38. The summed E-state index contributed by atoms with van der Waals surface area (Å²) < 4.78 is 11.6. The Hall–Kier alpha value is -1.83. The number of carbonyl (C=O) groups excluding carboxylic acids is 1. The monoisotopic (exact) mass is 368 g/mol. The van der Waals surface area contributed by atoms with Gasteiger partial charge in [0.25, 0.3) is 5.91 Å². The van der Waals surface area contributed by atoms with Gasteiger partial charge in [0, 0.05) is 5.02 Å². The second-order valence-electron chi connectivity index (χ2n) is 5.72. The van der Waals surface area contributed by atoms with Gasteiger partial charge < -0.3 is 14.4 Å². The van der Waals surface area contributed by atoms with Gasteiger partial charge in [-0.15, -0.1) is 0 Å². The molecule has 0 radical (unpaired) electrons. The molecule has 0 saturated heterocycles. The number of aromatic nitrogens is 1. The molecule has 0 unspecified atom stereocenters. The van der Waals surface area contributed by atoms with Crippen molar-refractivity contribution in [2.45, 2.75) is 0 Å². The van der Waals surface area contributed by atoms with E-state index in [1.165, 1.54) is 22.5 Å². The molecule has 0 atom stereocenters. The van der Waals surface area contributed by atoms with Crippen LogP contribution in [0, 0.1) is 0 Å². The predicted molar refractivity (Wildman–Crippen MR) is 94.6 cm³/mol. The molecule has 0 bridgehead atoms. The molecule has 24 heavy (non-hydrogen) atoms. The lowest BCUT2D eigenvalue weighted by atomic mass is 10.3. The minimum absolute atomic E-state index is 0.215. The Balaban J connectivity index is 1.92. The minimum atomic E-state index is -0.235. The topological polar surface area (TPSA) is 56.1 Å². The summed E-state index contributed by atoms with van der Waals surface area (Å²) in [6.45, 7) is 2.16. The lowest BCUT2D eigenvalue weighted by Gasteiger charge is -2.23. The number of rotatable bonds is 5. The van der Waals surface area contributed by atoms with Crippen molar-refractivity contribution in [2.24, 2.45) is 0 Å². The Morgan fingerprint density at radius 1 is 1.42 bits per heavy atom. The first-order chi connectivity index (χ1) is 11.5. The highest BCUT2D eigenvalue weighted by Gasteiger charge is 2.26. The molecule has 3 rings (SSSR count). The number of nitrogens with zero attached hydrogens (tertiary/aromatic N) is 2. The summed E-state index contributed by atoms with van der Waals surface area (Å²) in [5.41, 5.74) is 0.823. The fraction of sp³-hybridized carbons (Fsp3) is 0.375. The van der Waals surface area contributed by atoms with Crippen molar-refractivity contribution in [1.82, 2.24) is 4.98 Å². The lowest BCUT2D eigenvalue weighted by Crippen LogP contribution is -3.06. The van der Waals surface area contributed by atoms with Crippen LogP contribution in [-0.4, -0.2) is 51.3 Å². The molecule has 1 aliphatic rings. The van der Waals surface area contributed by atoms with Gasteiger partial charge in [-0.25, -0.2) is 4.98 Å². The largest absolute Gasteiger partial charge is 0.494 e. The molecule has 6 nitrogen and oxygen atoms in total. The van der Waals surface area contributed by atoms with Gasteiger partial charge in [-0.3, -0.25) is 9.69 Å². The first kappa shape index (κ1) is 17.0. The smallest absolute Gasteiger partial charge is 0.298 e. The summed E-state index contributed by atoms with van der Waals surface area (Å²) in [6, 6.07) is 5.51. The van der Waals surface area contributed by atoms with E-state index in [0.717, 1.165) is 16.8 Å². The molecule has 0 aliphatic carbocycles. The van der Waals surface area contributed by atoms with Crippen LogP contribution < -0.4 is 9.80 Å². The molecule has 1 amide bonds. The number of benzene rings is 1. The van der Waals surface area contributed by atoms with Crippen molar-refractivity contribution in [2.75, 3.05) is 45.3 Å². The van der Waals surface area contributed by atoms with Gasteiger partial charge in [0.05, 0.1) is 37.4 Å². The van der Waals surface area contributed by atoms with Crippen LogP contribution in [0.3, 0.4) is 0 Å². The fourth-order valence-corrected chi connectivity index (χ4v) is 3.50. The SMILES string of the molecule is C[NH+](C)CCN(C(=O)C1=COCCO1)c1nc2ccc(Cl)cc2s1. The van der Waals surface area contributed by atoms with Crippen LogP contribution in [0.25, 0.3) is 10.2 Å². The Kier molecular flexibility index (Phi) is 5.23. The first-order valence-corrected chi connectivity index (χ1v) is 8.85. The number of thiazole rings is 1. The number of quaternary nitrogens is 1. The van der Waals surface area contributed by atoms with Crippen molar-refractivity contribution in [3.05, 3.63) is 35.2 Å². The van der Waals surface area contributed by atoms with Gasteiger partial charge >= 0.3 is 0 Å². The van der Waals surface area contributed by atoms with Crippen molar-refractivity contribution in [3.63, 3.8) is 0 Å². The third-order valence-electron chi connectivity index (χ3n) is 3.51. The molecule has 1 aromatic heterocycles. The lowest BCUT2D eigenvalue weighted by molar-refractivity contribution is -0.856. The molecular weight excluding hydrogens is 350 g/mol.